The SMILES string of the molecule is CCC(CCO)CNCCC1CCCO1. The Morgan fingerprint density at radius 1 is 1.53 bits per heavy atom. The Balaban J connectivity index is 1.94. The van der Waals surface area contributed by atoms with Crippen LogP contribution in [0.2, 0.25) is 0 Å². The van der Waals surface area contributed by atoms with Gasteiger partial charge in [0.05, 0.1) is 6.10 Å². The minimum Gasteiger partial charge on any atom is -0.396 e. The number of hydrogen-bond donors (Lipinski definition) is 2. The van der Waals surface area contributed by atoms with Gasteiger partial charge in [-0.25, -0.2) is 0 Å². The molecule has 3 nitrogen and oxygen atoms in total. The maximum absolute atomic E-state index is 8.85. The molecular formula is C12H25NO2. The van der Waals surface area contributed by atoms with Crippen molar-refractivity contribution < 1.29 is 9.84 Å². The molecule has 90 valence electrons. The fourth-order valence-electron chi connectivity index (χ4n) is 2.07. The summed E-state index contributed by atoms with van der Waals surface area (Å²) in [5.74, 6) is 0.625. The zero-order valence-electron chi connectivity index (χ0n) is 9.87. The minimum atomic E-state index is 0.311. The summed E-state index contributed by atoms with van der Waals surface area (Å²) in [6, 6.07) is 0. The summed E-state index contributed by atoms with van der Waals surface area (Å²) in [7, 11) is 0. The molecule has 0 aromatic rings. The molecule has 0 aromatic heterocycles. The third-order valence-corrected chi connectivity index (χ3v) is 3.21. The van der Waals surface area contributed by atoms with Crippen molar-refractivity contribution in [3.8, 4) is 0 Å². The topological polar surface area (TPSA) is 41.5 Å². The quantitative estimate of drug-likeness (QED) is 0.604. The molecule has 0 aliphatic carbocycles. The molecule has 2 atom stereocenters. The Kier molecular flexibility index (Phi) is 6.98. The van der Waals surface area contributed by atoms with Gasteiger partial charge in [0.1, 0.15) is 0 Å². The fraction of sp³-hybridized carbons (Fsp3) is 1.00. The van der Waals surface area contributed by atoms with Gasteiger partial charge in [0, 0.05) is 13.2 Å². The first-order valence-electron chi connectivity index (χ1n) is 6.30. The van der Waals surface area contributed by atoms with E-state index in [0.717, 1.165) is 39.0 Å². The van der Waals surface area contributed by atoms with E-state index < -0.39 is 0 Å². The molecule has 1 fully saturated rings. The van der Waals surface area contributed by atoms with Gasteiger partial charge in [-0.05, 0) is 44.7 Å². The molecule has 3 heteroatoms. The highest BCUT2D eigenvalue weighted by atomic mass is 16.5. The van der Waals surface area contributed by atoms with Gasteiger partial charge in [-0.2, -0.15) is 0 Å². The van der Waals surface area contributed by atoms with Crippen molar-refractivity contribution in [1.29, 1.82) is 0 Å². The molecule has 15 heavy (non-hydrogen) atoms. The number of nitrogens with one attached hydrogen (secondary N) is 1. The summed E-state index contributed by atoms with van der Waals surface area (Å²) in [6.45, 7) is 5.52. The Labute approximate surface area is 93.2 Å². The Hall–Kier alpha value is -0.120. The number of hydrogen-bond acceptors (Lipinski definition) is 3. The highest BCUT2D eigenvalue weighted by molar-refractivity contribution is 4.67. The lowest BCUT2D eigenvalue weighted by molar-refractivity contribution is 0.104. The third kappa shape index (κ3) is 5.50. The Morgan fingerprint density at radius 3 is 3.00 bits per heavy atom. The molecular weight excluding hydrogens is 190 g/mol. The molecule has 1 aliphatic rings. The van der Waals surface area contributed by atoms with Crippen LogP contribution >= 0.6 is 0 Å². The van der Waals surface area contributed by atoms with Crippen molar-refractivity contribution in [3.05, 3.63) is 0 Å². The van der Waals surface area contributed by atoms with Crippen LogP contribution in [0.5, 0.6) is 0 Å². The maximum Gasteiger partial charge on any atom is 0.0588 e. The summed E-state index contributed by atoms with van der Waals surface area (Å²) in [4.78, 5) is 0. The molecule has 1 saturated heterocycles. The lowest BCUT2D eigenvalue weighted by Gasteiger charge is -2.15. The first kappa shape index (κ1) is 12.9. The van der Waals surface area contributed by atoms with Crippen molar-refractivity contribution in [2.45, 2.75) is 45.1 Å². The van der Waals surface area contributed by atoms with Crippen molar-refractivity contribution in [1.82, 2.24) is 5.32 Å². The van der Waals surface area contributed by atoms with Crippen LogP contribution in [-0.4, -0.2) is 37.5 Å². The summed E-state index contributed by atoms with van der Waals surface area (Å²) in [5.41, 5.74) is 0. The zero-order valence-corrected chi connectivity index (χ0v) is 9.87. The van der Waals surface area contributed by atoms with Crippen LogP contribution in [0.25, 0.3) is 0 Å². The molecule has 1 rings (SSSR count). The molecule has 0 radical (unpaired) electrons. The molecule has 0 spiro atoms. The lowest BCUT2D eigenvalue weighted by Crippen LogP contribution is -2.26. The van der Waals surface area contributed by atoms with Gasteiger partial charge in [0.2, 0.25) is 0 Å². The van der Waals surface area contributed by atoms with Crippen LogP contribution in [0, 0.1) is 5.92 Å². The standard InChI is InChI=1S/C12H25NO2/c1-2-11(6-8-14)10-13-7-5-12-4-3-9-15-12/h11-14H,2-10H2,1H3. The number of rotatable bonds is 8. The van der Waals surface area contributed by atoms with Gasteiger partial charge >= 0.3 is 0 Å². The normalized spacial score (nSPS) is 23.2. The Morgan fingerprint density at radius 2 is 2.40 bits per heavy atom. The summed E-state index contributed by atoms with van der Waals surface area (Å²) >= 11 is 0. The number of aliphatic hydroxyl groups is 1. The van der Waals surface area contributed by atoms with Crippen molar-refractivity contribution in [2.75, 3.05) is 26.3 Å². The van der Waals surface area contributed by atoms with Gasteiger partial charge in [-0.1, -0.05) is 13.3 Å². The summed E-state index contributed by atoms with van der Waals surface area (Å²) < 4.78 is 5.55. The van der Waals surface area contributed by atoms with Crippen molar-refractivity contribution in [2.24, 2.45) is 5.92 Å². The van der Waals surface area contributed by atoms with Gasteiger partial charge in [0.15, 0.2) is 0 Å². The largest absolute Gasteiger partial charge is 0.396 e. The number of ether oxygens (including phenoxy) is 1. The molecule has 0 saturated carbocycles. The molecule has 0 amide bonds. The predicted octanol–water partition coefficient (Wildman–Crippen LogP) is 1.55. The summed E-state index contributed by atoms with van der Waals surface area (Å²) in [6.07, 6.45) is 6.16. The van der Waals surface area contributed by atoms with E-state index >= 15 is 0 Å². The van der Waals surface area contributed by atoms with Crippen LogP contribution in [0.1, 0.15) is 39.0 Å². The lowest BCUT2D eigenvalue weighted by atomic mass is 10.0. The predicted molar refractivity (Wildman–Crippen MR) is 61.9 cm³/mol. The van der Waals surface area contributed by atoms with Crippen LogP contribution < -0.4 is 5.32 Å². The van der Waals surface area contributed by atoms with E-state index in [1.807, 2.05) is 0 Å². The van der Waals surface area contributed by atoms with Gasteiger partial charge < -0.3 is 15.2 Å². The van der Waals surface area contributed by atoms with E-state index in [-0.39, 0.29) is 0 Å². The molecule has 1 heterocycles. The number of aliphatic hydroxyl groups excluding tert-OH is 1. The van der Waals surface area contributed by atoms with E-state index in [1.165, 1.54) is 12.8 Å². The molecule has 0 bridgehead atoms. The van der Waals surface area contributed by atoms with Crippen LogP contribution in [0.15, 0.2) is 0 Å². The first-order chi connectivity index (χ1) is 7.36. The molecule has 1 aliphatic heterocycles. The van der Waals surface area contributed by atoms with Gasteiger partial charge in [-0.3, -0.25) is 0 Å². The first-order valence-corrected chi connectivity index (χ1v) is 6.30. The van der Waals surface area contributed by atoms with Crippen LogP contribution in [0.4, 0.5) is 0 Å². The van der Waals surface area contributed by atoms with E-state index in [4.69, 9.17) is 9.84 Å². The van der Waals surface area contributed by atoms with Gasteiger partial charge in [-0.15, -0.1) is 0 Å². The molecule has 2 N–H and O–H groups in total. The van der Waals surface area contributed by atoms with Crippen molar-refractivity contribution >= 4 is 0 Å². The van der Waals surface area contributed by atoms with Crippen LogP contribution in [-0.2, 0) is 4.74 Å². The Bertz CT molecular complexity index is 147. The van der Waals surface area contributed by atoms with E-state index in [0.29, 0.717) is 18.6 Å². The highest BCUT2D eigenvalue weighted by Gasteiger charge is 2.14. The third-order valence-electron chi connectivity index (χ3n) is 3.21. The minimum absolute atomic E-state index is 0.311. The van der Waals surface area contributed by atoms with E-state index in [1.54, 1.807) is 0 Å². The highest BCUT2D eigenvalue weighted by Crippen LogP contribution is 2.14. The average Bonchev–Trinajstić information content (AvgIpc) is 2.75. The molecule has 0 aromatic carbocycles. The smallest absolute Gasteiger partial charge is 0.0588 e. The second kappa shape index (κ2) is 8.08. The zero-order chi connectivity index (χ0) is 10.9. The summed E-state index contributed by atoms with van der Waals surface area (Å²) in [5, 5.41) is 12.3. The average molecular weight is 215 g/mol. The second-order valence-electron chi connectivity index (χ2n) is 4.41. The van der Waals surface area contributed by atoms with Gasteiger partial charge in [0.25, 0.3) is 0 Å². The maximum atomic E-state index is 8.85. The monoisotopic (exact) mass is 215 g/mol. The fourth-order valence-corrected chi connectivity index (χ4v) is 2.07. The van der Waals surface area contributed by atoms with Crippen LogP contribution in [0.3, 0.4) is 0 Å². The molecule has 2 unspecified atom stereocenters. The van der Waals surface area contributed by atoms with E-state index in [2.05, 4.69) is 12.2 Å². The second-order valence-corrected chi connectivity index (χ2v) is 4.41. The van der Waals surface area contributed by atoms with E-state index in [9.17, 15) is 0 Å². The van der Waals surface area contributed by atoms with Crippen molar-refractivity contribution in [3.63, 3.8) is 0 Å².